The van der Waals surface area contributed by atoms with Gasteiger partial charge in [0.1, 0.15) is 19.3 Å². The van der Waals surface area contributed by atoms with E-state index in [4.69, 9.17) is 37.0 Å². The average Bonchev–Trinajstić information content (AvgIpc) is 3.43. The molecular formula is C64H124O17P2. The molecule has 0 amide bonds. The van der Waals surface area contributed by atoms with Crippen molar-refractivity contribution in [3.8, 4) is 0 Å². The Balaban J connectivity index is 5.23. The van der Waals surface area contributed by atoms with Crippen molar-refractivity contribution in [2.24, 2.45) is 17.8 Å². The minimum absolute atomic E-state index is 0.101. The van der Waals surface area contributed by atoms with Crippen LogP contribution in [0.2, 0.25) is 0 Å². The summed E-state index contributed by atoms with van der Waals surface area (Å²) < 4.78 is 67.9. The van der Waals surface area contributed by atoms with E-state index < -0.39 is 97.5 Å². The molecule has 83 heavy (non-hydrogen) atoms. The number of aliphatic hydroxyl groups excluding tert-OH is 1. The Labute approximate surface area is 505 Å². The molecule has 0 saturated heterocycles. The van der Waals surface area contributed by atoms with Crippen molar-refractivity contribution >= 4 is 39.5 Å². The summed E-state index contributed by atoms with van der Waals surface area (Å²) in [6, 6.07) is 0. The van der Waals surface area contributed by atoms with Gasteiger partial charge in [-0.3, -0.25) is 37.3 Å². The summed E-state index contributed by atoms with van der Waals surface area (Å²) in [5.74, 6) is -0.0656. The lowest BCUT2D eigenvalue weighted by atomic mass is 10.0. The molecule has 0 aliphatic rings. The fraction of sp³-hybridized carbons (Fsp3) is 0.938. The second-order valence-corrected chi connectivity index (χ2v) is 27.5. The maximum absolute atomic E-state index is 13.0. The molecule has 0 spiro atoms. The predicted molar refractivity (Wildman–Crippen MR) is 331 cm³/mol. The molecule has 0 heterocycles. The standard InChI is InChI=1S/C64H124O17P2/c1-8-9-10-11-12-13-14-15-16-17-18-23-33-40-47-63(68)80-59(51-74-61(66)45-38-31-22-20-19-21-28-35-42-55(2)3)53-78-82(70,71)76-49-58(65)50-77-83(72,73)79-54-60(81-64(69)48-41-34-27-25-30-37-44-57(6)7)52-75-62(67)46-39-32-26-24-29-36-43-56(4)5/h55-60,65H,8-54H2,1-7H3,(H,70,71)(H,72,73)/t58-,59-,60-/m1/s1. The summed E-state index contributed by atoms with van der Waals surface area (Å²) >= 11 is 0. The van der Waals surface area contributed by atoms with Gasteiger partial charge in [0.15, 0.2) is 12.2 Å². The Kier molecular flexibility index (Phi) is 54.1. The fourth-order valence-electron chi connectivity index (χ4n) is 9.48. The van der Waals surface area contributed by atoms with Crippen molar-refractivity contribution in [2.75, 3.05) is 39.6 Å². The summed E-state index contributed by atoms with van der Waals surface area (Å²) in [4.78, 5) is 72.1. The summed E-state index contributed by atoms with van der Waals surface area (Å²) in [7, 11) is -9.89. The first-order valence-electron chi connectivity index (χ1n) is 33.3. The molecule has 0 saturated carbocycles. The molecule has 2 unspecified atom stereocenters. The molecule has 3 N–H and O–H groups in total. The second-order valence-electron chi connectivity index (χ2n) is 24.6. The summed E-state index contributed by atoms with van der Waals surface area (Å²) in [6.45, 7) is 11.6. The normalized spacial score (nSPS) is 14.4. The van der Waals surface area contributed by atoms with Gasteiger partial charge in [0.25, 0.3) is 0 Å². The number of esters is 4. The van der Waals surface area contributed by atoms with E-state index >= 15 is 0 Å². The zero-order valence-corrected chi connectivity index (χ0v) is 55.4. The highest BCUT2D eigenvalue weighted by Gasteiger charge is 2.30. The van der Waals surface area contributed by atoms with Gasteiger partial charge < -0.3 is 33.8 Å². The zero-order valence-electron chi connectivity index (χ0n) is 53.6. The minimum Gasteiger partial charge on any atom is -0.462 e. The van der Waals surface area contributed by atoms with Crippen molar-refractivity contribution in [1.82, 2.24) is 0 Å². The van der Waals surface area contributed by atoms with E-state index in [9.17, 15) is 43.2 Å². The summed E-state index contributed by atoms with van der Waals surface area (Å²) in [6.07, 6.45) is 36.5. The molecule has 5 atom stereocenters. The quantitative estimate of drug-likeness (QED) is 0.0222. The Hall–Kier alpha value is -1.94. The van der Waals surface area contributed by atoms with Gasteiger partial charge in [-0.25, -0.2) is 9.13 Å². The van der Waals surface area contributed by atoms with Gasteiger partial charge in [-0.2, -0.15) is 0 Å². The molecule has 0 fully saturated rings. The number of aliphatic hydroxyl groups is 1. The van der Waals surface area contributed by atoms with Gasteiger partial charge in [0, 0.05) is 25.7 Å². The van der Waals surface area contributed by atoms with Gasteiger partial charge in [0.05, 0.1) is 26.4 Å². The van der Waals surface area contributed by atoms with Crippen LogP contribution in [0.4, 0.5) is 0 Å². The van der Waals surface area contributed by atoms with Crippen LogP contribution in [-0.4, -0.2) is 96.7 Å². The van der Waals surface area contributed by atoms with Crippen LogP contribution in [0.5, 0.6) is 0 Å². The van der Waals surface area contributed by atoms with Crippen molar-refractivity contribution in [1.29, 1.82) is 0 Å². The van der Waals surface area contributed by atoms with Crippen LogP contribution >= 0.6 is 15.6 Å². The zero-order chi connectivity index (χ0) is 61.7. The molecule has 0 aromatic heterocycles. The van der Waals surface area contributed by atoms with E-state index in [2.05, 4.69) is 48.5 Å². The van der Waals surface area contributed by atoms with Gasteiger partial charge in [-0.05, 0) is 43.4 Å². The van der Waals surface area contributed by atoms with Gasteiger partial charge in [-0.15, -0.1) is 0 Å². The van der Waals surface area contributed by atoms with Crippen LogP contribution in [0.1, 0.15) is 312 Å². The molecule has 19 heteroatoms. The maximum Gasteiger partial charge on any atom is 0.472 e. The lowest BCUT2D eigenvalue weighted by Crippen LogP contribution is -2.30. The number of phosphoric acid groups is 2. The lowest BCUT2D eigenvalue weighted by molar-refractivity contribution is -0.161. The fourth-order valence-corrected chi connectivity index (χ4v) is 11.1. The number of carbonyl (C=O) groups is 4. The Morgan fingerprint density at radius 2 is 0.554 bits per heavy atom. The van der Waals surface area contributed by atoms with Crippen LogP contribution in [0.15, 0.2) is 0 Å². The third-order valence-corrected chi connectivity index (χ3v) is 16.5. The van der Waals surface area contributed by atoms with E-state index in [1.165, 1.54) is 116 Å². The molecule has 0 aliphatic heterocycles. The topological polar surface area (TPSA) is 237 Å². The number of ether oxygens (including phenoxy) is 4. The first-order chi connectivity index (χ1) is 39.7. The molecule has 0 bridgehead atoms. The second kappa shape index (κ2) is 55.4. The molecule has 17 nitrogen and oxygen atoms in total. The number of carbonyl (C=O) groups excluding carboxylic acids is 4. The monoisotopic (exact) mass is 1230 g/mol. The van der Waals surface area contributed by atoms with Crippen molar-refractivity contribution in [3.63, 3.8) is 0 Å². The van der Waals surface area contributed by atoms with Gasteiger partial charge in [0.2, 0.25) is 0 Å². The molecule has 0 rings (SSSR count). The van der Waals surface area contributed by atoms with Crippen LogP contribution < -0.4 is 0 Å². The first kappa shape index (κ1) is 81.1. The molecular weight excluding hydrogens is 1100 g/mol. The van der Waals surface area contributed by atoms with Crippen LogP contribution in [0.3, 0.4) is 0 Å². The van der Waals surface area contributed by atoms with E-state index in [0.717, 1.165) is 102 Å². The van der Waals surface area contributed by atoms with E-state index in [0.29, 0.717) is 37.5 Å². The van der Waals surface area contributed by atoms with Crippen molar-refractivity contribution in [3.05, 3.63) is 0 Å². The molecule has 0 aromatic carbocycles. The van der Waals surface area contributed by atoms with Crippen molar-refractivity contribution < 1.29 is 80.2 Å². The Bertz CT molecular complexity index is 1650. The largest absolute Gasteiger partial charge is 0.472 e. The highest BCUT2D eigenvalue weighted by molar-refractivity contribution is 7.47. The molecule has 492 valence electrons. The third-order valence-electron chi connectivity index (χ3n) is 14.6. The molecule has 0 radical (unpaired) electrons. The average molecular weight is 1230 g/mol. The smallest absolute Gasteiger partial charge is 0.462 e. The van der Waals surface area contributed by atoms with E-state index in [1.807, 2.05) is 0 Å². The molecule has 0 aromatic rings. The SMILES string of the molecule is CCCCCCCCCCCCCCCCC(=O)O[C@H](COC(=O)CCCCCCCCCCC(C)C)COP(=O)(O)OC[C@@H](O)COP(=O)(O)OC[C@@H](COC(=O)CCCCCCCCC(C)C)OC(=O)CCCCCCCCC(C)C. The van der Waals surface area contributed by atoms with E-state index in [1.54, 1.807) is 0 Å². The van der Waals surface area contributed by atoms with Gasteiger partial charge >= 0.3 is 39.5 Å². The number of rotatable bonds is 62. The van der Waals surface area contributed by atoms with Crippen LogP contribution in [0, 0.1) is 17.8 Å². The first-order valence-corrected chi connectivity index (χ1v) is 36.3. The lowest BCUT2D eigenvalue weighted by Gasteiger charge is -2.21. The number of hydrogen-bond acceptors (Lipinski definition) is 15. The number of hydrogen-bond donors (Lipinski definition) is 3. The van der Waals surface area contributed by atoms with Crippen LogP contribution in [0.25, 0.3) is 0 Å². The predicted octanol–water partition coefficient (Wildman–Crippen LogP) is 17.5. The van der Waals surface area contributed by atoms with Crippen molar-refractivity contribution in [2.45, 2.75) is 330 Å². The number of phosphoric ester groups is 2. The van der Waals surface area contributed by atoms with Crippen LogP contribution in [-0.2, 0) is 65.4 Å². The Morgan fingerprint density at radius 3 is 0.819 bits per heavy atom. The highest BCUT2D eigenvalue weighted by Crippen LogP contribution is 2.45. The van der Waals surface area contributed by atoms with E-state index in [-0.39, 0.29) is 25.7 Å². The highest BCUT2D eigenvalue weighted by atomic mass is 31.2. The van der Waals surface area contributed by atoms with Gasteiger partial charge in [-0.1, -0.05) is 260 Å². The number of unbranched alkanes of at least 4 members (excludes halogenated alkanes) is 30. The summed E-state index contributed by atoms with van der Waals surface area (Å²) in [5.41, 5.74) is 0. The summed E-state index contributed by atoms with van der Waals surface area (Å²) in [5, 5.41) is 10.5. The minimum atomic E-state index is -4.94. The Morgan fingerprint density at radius 1 is 0.325 bits per heavy atom. The maximum atomic E-state index is 13.0. The third kappa shape index (κ3) is 58.8. The molecule has 0 aliphatic carbocycles.